The van der Waals surface area contributed by atoms with Gasteiger partial charge in [0.05, 0.1) is 4.90 Å². The van der Waals surface area contributed by atoms with Gasteiger partial charge in [-0.2, -0.15) is 0 Å². The van der Waals surface area contributed by atoms with E-state index in [0.29, 0.717) is 0 Å². The van der Waals surface area contributed by atoms with Crippen molar-refractivity contribution in [3.05, 3.63) is 29.8 Å². The molecule has 15 heavy (non-hydrogen) atoms. The Morgan fingerprint density at radius 1 is 1.27 bits per heavy atom. The molecule has 0 aliphatic rings. The van der Waals surface area contributed by atoms with E-state index in [9.17, 15) is 13.2 Å². The average Bonchev–Trinajstić information content (AvgIpc) is 2.16. The Labute approximate surface area is 88.1 Å². The summed E-state index contributed by atoms with van der Waals surface area (Å²) < 4.78 is 22.9. The number of benzene rings is 1. The Morgan fingerprint density at radius 3 is 2.27 bits per heavy atom. The molecular formula is C9H11NO4S. The molecule has 5 nitrogen and oxygen atoms in total. The second kappa shape index (κ2) is 4.41. The van der Waals surface area contributed by atoms with Crippen LogP contribution in [0.1, 0.15) is 12.5 Å². The second-order valence-electron chi connectivity index (χ2n) is 2.99. The number of carbonyl (C=O) groups is 1. The molecule has 0 radical (unpaired) electrons. The Balaban J connectivity index is 2.87. The van der Waals surface area contributed by atoms with Crippen molar-refractivity contribution in [2.45, 2.75) is 18.7 Å². The topological polar surface area (TPSA) is 72.5 Å². The number of aryl methyl sites for hydroxylation is 1. The summed E-state index contributed by atoms with van der Waals surface area (Å²) in [7, 11) is -3.77. The highest BCUT2D eigenvalue weighted by atomic mass is 32.2. The molecule has 0 aliphatic carbocycles. The van der Waals surface area contributed by atoms with E-state index >= 15 is 0 Å². The zero-order valence-corrected chi connectivity index (χ0v) is 9.17. The van der Waals surface area contributed by atoms with E-state index in [2.05, 4.69) is 4.84 Å². The molecule has 0 fully saturated rings. The Bertz CT molecular complexity index is 450. The van der Waals surface area contributed by atoms with Crippen LogP contribution in [0.5, 0.6) is 0 Å². The van der Waals surface area contributed by atoms with Gasteiger partial charge in [0.2, 0.25) is 0 Å². The van der Waals surface area contributed by atoms with E-state index in [-0.39, 0.29) is 4.90 Å². The first kappa shape index (κ1) is 11.7. The van der Waals surface area contributed by atoms with Crippen molar-refractivity contribution < 1.29 is 18.0 Å². The molecule has 0 unspecified atom stereocenters. The second-order valence-corrected chi connectivity index (χ2v) is 4.64. The number of hydrogen-bond acceptors (Lipinski definition) is 4. The van der Waals surface area contributed by atoms with Crippen molar-refractivity contribution in [3.8, 4) is 0 Å². The van der Waals surface area contributed by atoms with E-state index < -0.39 is 16.0 Å². The molecule has 1 rings (SSSR count). The molecule has 0 aliphatic heterocycles. The molecule has 1 aromatic carbocycles. The third-order valence-corrected chi connectivity index (χ3v) is 2.82. The molecule has 6 heteroatoms. The fourth-order valence-corrected chi connectivity index (χ4v) is 1.70. The normalized spacial score (nSPS) is 11.1. The highest BCUT2D eigenvalue weighted by Crippen LogP contribution is 2.09. The average molecular weight is 229 g/mol. The summed E-state index contributed by atoms with van der Waals surface area (Å²) in [6, 6.07) is 6.17. The molecule has 82 valence electrons. The predicted molar refractivity (Wildman–Crippen MR) is 53.3 cm³/mol. The summed E-state index contributed by atoms with van der Waals surface area (Å²) in [5.41, 5.74) is 0.946. The van der Waals surface area contributed by atoms with Gasteiger partial charge in [0, 0.05) is 6.92 Å². The van der Waals surface area contributed by atoms with Gasteiger partial charge in [0.1, 0.15) is 0 Å². The minimum atomic E-state index is -3.77. The predicted octanol–water partition coefficient (Wildman–Crippen LogP) is 0.751. The number of nitrogens with one attached hydrogen (secondary N) is 1. The molecule has 1 N–H and O–H groups in total. The van der Waals surface area contributed by atoms with Crippen molar-refractivity contribution >= 4 is 16.0 Å². The van der Waals surface area contributed by atoms with Crippen LogP contribution in [-0.2, 0) is 19.7 Å². The standard InChI is InChI=1S/C9H11NO4S/c1-7-3-5-9(6-4-7)15(12,13)10-14-8(2)11/h3-6,10H,1-2H3. The quantitative estimate of drug-likeness (QED) is 0.776. The van der Waals surface area contributed by atoms with Crippen LogP contribution in [-0.4, -0.2) is 14.4 Å². The first-order chi connectivity index (χ1) is 6.92. The van der Waals surface area contributed by atoms with Crippen LogP contribution in [0.25, 0.3) is 0 Å². The van der Waals surface area contributed by atoms with Crippen LogP contribution in [0.4, 0.5) is 0 Å². The monoisotopic (exact) mass is 229 g/mol. The van der Waals surface area contributed by atoms with E-state index in [1.165, 1.54) is 12.1 Å². The Morgan fingerprint density at radius 2 is 1.80 bits per heavy atom. The number of rotatable bonds is 3. The van der Waals surface area contributed by atoms with Gasteiger partial charge in [-0.1, -0.05) is 17.7 Å². The zero-order valence-electron chi connectivity index (χ0n) is 8.35. The van der Waals surface area contributed by atoms with Crippen molar-refractivity contribution in [1.29, 1.82) is 0 Å². The Kier molecular flexibility index (Phi) is 3.43. The summed E-state index contributed by atoms with van der Waals surface area (Å²) in [4.78, 5) is 16.4. The van der Waals surface area contributed by atoms with Gasteiger partial charge in [-0.25, -0.2) is 8.42 Å². The van der Waals surface area contributed by atoms with Crippen LogP contribution < -0.4 is 4.89 Å². The molecule has 0 spiro atoms. The van der Waals surface area contributed by atoms with Gasteiger partial charge in [-0.05, 0) is 23.9 Å². The van der Waals surface area contributed by atoms with Crippen LogP contribution in [0, 0.1) is 6.92 Å². The third-order valence-electron chi connectivity index (χ3n) is 1.63. The van der Waals surface area contributed by atoms with Gasteiger partial charge in [0.25, 0.3) is 10.0 Å². The molecule has 1 aromatic rings. The van der Waals surface area contributed by atoms with Crippen molar-refractivity contribution in [3.63, 3.8) is 0 Å². The lowest BCUT2D eigenvalue weighted by atomic mass is 10.2. The smallest absolute Gasteiger partial charge is 0.323 e. The lowest BCUT2D eigenvalue weighted by molar-refractivity contribution is -0.144. The number of carbonyl (C=O) groups excluding carboxylic acids is 1. The zero-order chi connectivity index (χ0) is 11.5. The number of sulfonamides is 1. The minimum absolute atomic E-state index is 0.0503. The van der Waals surface area contributed by atoms with Crippen LogP contribution in [0.2, 0.25) is 0 Å². The molecule has 0 amide bonds. The summed E-state index contributed by atoms with van der Waals surface area (Å²) in [5.74, 6) is -0.717. The first-order valence-corrected chi connectivity index (χ1v) is 5.66. The maximum absolute atomic E-state index is 11.5. The lowest BCUT2D eigenvalue weighted by Gasteiger charge is -2.05. The van der Waals surface area contributed by atoms with E-state index in [1.54, 1.807) is 17.0 Å². The first-order valence-electron chi connectivity index (χ1n) is 4.18. The maximum Gasteiger partial charge on any atom is 0.323 e. The summed E-state index contributed by atoms with van der Waals surface area (Å²) in [5, 5.41) is 0. The number of hydrogen-bond donors (Lipinski definition) is 1. The van der Waals surface area contributed by atoms with Crippen LogP contribution >= 0.6 is 0 Å². The summed E-state index contributed by atoms with van der Waals surface area (Å²) in [6.07, 6.45) is 0. The molecular weight excluding hydrogens is 218 g/mol. The van der Waals surface area contributed by atoms with Gasteiger partial charge < -0.3 is 4.84 Å². The van der Waals surface area contributed by atoms with Gasteiger partial charge in [-0.3, -0.25) is 4.79 Å². The summed E-state index contributed by atoms with van der Waals surface area (Å²) >= 11 is 0. The van der Waals surface area contributed by atoms with Gasteiger partial charge in [-0.15, -0.1) is 0 Å². The van der Waals surface area contributed by atoms with Crippen LogP contribution in [0.3, 0.4) is 0 Å². The molecule has 0 saturated carbocycles. The van der Waals surface area contributed by atoms with Gasteiger partial charge >= 0.3 is 5.97 Å². The lowest BCUT2D eigenvalue weighted by Crippen LogP contribution is -2.26. The fourth-order valence-electron chi connectivity index (χ4n) is 0.879. The molecule has 0 atom stereocenters. The summed E-state index contributed by atoms with van der Waals surface area (Å²) in [6.45, 7) is 2.95. The third kappa shape index (κ3) is 3.34. The molecule has 0 bridgehead atoms. The SMILES string of the molecule is CC(=O)ONS(=O)(=O)c1ccc(C)cc1. The largest absolute Gasteiger partial charge is 0.356 e. The van der Waals surface area contributed by atoms with E-state index in [4.69, 9.17) is 0 Å². The van der Waals surface area contributed by atoms with Crippen molar-refractivity contribution in [1.82, 2.24) is 4.89 Å². The Hall–Kier alpha value is -1.40. The maximum atomic E-state index is 11.5. The molecule has 0 aromatic heterocycles. The molecule has 0 saturated heterocycles. The van der Waals surface area contributed by atoms with E-state index in [0.717, 1.165) is 12.5 Å². The highest BCUT2D eigenvalue weighted by Gasteiger charge is 2.14. The van der Waals surface area contributed by atoms with Crippen LogP contribution in [0.15, 0.2) is 29.2 Å². The fraction of sp³-hybridized carbons (Fsp3) is 0.222. The minimum Gasteiger partial charge on any atom is -0.356 e. The van der Waals surface area contributed by atoms with Crippen molar-refractivity contribution in [2.75, 3.05) is 0 Å². The van der Waals surface area contributed by atoms with E-state index in [1.807, 2.05) is 6.92 Å². The molecule has 0 heterocycles. The highest BCUT2D eigenvalue weighted by molar-refractivity contribution is 7.89. The van der Waals surface area contributed by atoms with Crippen molar-refractivity contribution in [2.24, 2.45) is 0 Å². The van der Waals surface area contributed by atoms with Gasteiger partial charge in [0.15, 0.2) is 0 Å².